The molecule has 0 aliphatic carbocycles. The molecular formula is C21H26INO5. The summed E-state index contributed by atoms with van der Waals surface area (Å²) in [5.74, 6) is 2.21. The molecule has 0 bridgehead atoms. The fraction of sp³-hybridized carbons (Fsp3) is 0.381. The Morgan fingerprint density at radius 3 is 2.04 bits per heavy atom. The van der Waals surface area contributed by atoms with E-state index in [4.69, 9.17) is 18.9 Å². The van der Waals surface area contributed by atoms with E-state index in [1.54, 1.807) is 33.5 Å². The summed E-state index contributed by atoms with van der Waals surface area (Å²) in [5.41, 5.74) is 1.44. The number of carbonyl (C=O) groups is 1. The molecule has 0 saturated heterocycles. The van der Waals surface area contributed by atoms with Crippen LogP contribution in [0.25, 0.3) is 0 Å². The van der Waals surface area contributed by atoms with Crippen molar-refractivity contribution < 1.29 is 23.7 Å². The van der Waals surface area contributed by atoms with Gasteiger partial charge in [0, 0.05) is 3.57 Å². The number of carbonyl (C=O) groups excluding carboxylic acids is 1. The third-order valence-electron chi connectivity index (χ3n) is 4.12. The minimum absolute atomic E-state index is 0.0454. The van der Waals surface area contributed by atoms with Crippen LogP contribution in [0.1, 0.15) is 42.7 Å². The van der Waals surface area contributed by atoms with Crippen LogP contribution < -0.4 is 24.3 Å². The molecule has 6 nitrogen and oxygen atoms in total. The minimum Gasteiger partial charge on any atom is -0.493 e. The molecule has 28 heavy (non-hydrogen) atoms. The van der Waals surface area contributed by atoms with E-state index >= 15 is 0 Å². The Labute approximate surface area is 179 Å². The molecule has 1 atom stereocenters. The molecule has 2 aromatic rings. The molecule has 0 spiro atoms. The zero-order valence-electron chi connectivity index (χ0n) is 17.0. The van der Waals surface area contributed by atoms with E-state index < -0.39 is 0 Å². The maximum Gasteiger partial charge on any atom is 0.252 e. The lowest BCUT2D eigenvalue weighted by Gasteiger charge is -2.19. The van der Waals surface area contributed by atoms with E-state index in [2.05, 4.69) is 27.9 Å². The highest BCUT2D eigenvalue weighted by Crippen LogP contribution is 2.33. The molecule has 1 unspecified atom stereocenters. The van der Waals surface area contributed by atoms with Crippen LogP contribution in [0.2, 0.25) is 0 Å². The van der Waals surface area contributed by atoms with Gasteiger partial charge in [0.1, 0.15) is 0 Å². The van der Waals surface area contributed by atoms with Crippen molar-refractivity contribution in [2.24, 2.45) is 0 Å². The highest BCUT2D eigenvalue weighted by atomic mass is 127. The average Bonchev–Trinajstić information content (AvgIpc) is 2.67. The first-order valence-corrected chi connectivity index (χ1v) is 9.95. The first-order chi connectivity index (χ1) is 13.3. The van der Waals surface area contributed by atoms with Crippen LogP contribution >= 0.6 is 22.6 Å². The van der Waals surface area contributed by atoms with Crippen molar-refractivity contribution in [1.82, 2.24) is 5.32 Å². The van der Waals surface area contributed by atoms with E-state index in [0.29, 0.717) is 28.6 Å². The first-order valence-electron chi connectivity index (χ1n) is 8.87. The molecule has 0 heterocycles. The molecule has 0 fully saturated rings. The topological polar surface area (TPSA) is 66.0 Å². The second kappa shape index (κ2) is 9.86. The average molecular weight is 499 g/mol. The Morgan fingerprint density at radius 2 is 1.46 bits per heavy atom. The summed E-state index contributed by atoms with van der Waals surface area (Å²) >= 11 is 2.11. The fourth-order valence-electron chi connectivity index (χ4n) is 2.69. The van der Waals surface area contributed by atoms with Gasteiger partial charge in [-0.05, 0) is 73.2 Å². The van der Waals surface area contributed by atoms with Gasteiger partial charge in [-0.2, -0.15) is 0 Å². The van der Waals surface area contributed by atoms with Gasteiger partial charge >= 0.3 is 0 Å². The summed E-state index contributed by atoms with van der Waals surface area (Å²) in [7, 11) is 4.71. The standard InChI is InChI=1S/C21H26INO5/c1-12(2)28-17-8-7-14(9-18(17)25-4)13(3)23-21(24)15-10-19(26-5)20(27-6)11-16(15)22/h7-13H,1-6H3,(H,23,24). The highest BCUT2D eigenvalue weighted by molar-refractivity contribution is 14.1. The number of benzene rings is 2. The summed E-state index contributed by atoms with van der Waals surface area (Å²) in [6.07, 6.45) is 0.0454. The third-order valence-corrected chi connectivity index (χ3v) is 5.01. The SMILES string of the molecule is COc1cc(I)c(C(=O)NC(C)c2ccc(OC(C)C)c(OC)c2)cc1OC. The molecule has 1 amide bonds. The van der Waals surface area contributed by atoms with Crippen molar-refractivity contribution in [2.45, 2.75) is 32.9 Å². The Kier molecular flexibility index (Phi) is 7.79. The molecule has 2 aromatic carbocycles. The molecule has 0 saturated carbocycles. The minimum atomic E-state index is -0.224. The van der Waals surface area contributed by atoms with Crippen LogP contribution in [0, 0.1) is 3.57 Å². The number of ether oxygens (including phenoxy) is 4. The van der Waals surface area contributed by atoms with Crippen LogP contribution in [-0.2, 0) is 0 Å². The van der Waals surface area contributed by atoms with Crippen LogP contribution in [0.5, 0.6) is 23.0 Å². The zero-order valence-corrected chi connectivity index (χ0v) is 19.1. The number of halogens is 1. The summed E-state index contributed by atoms with van der Waals surface area (Å²) in [4.78, 5) is 12.8. The Balaban J connectivity index is 2.23. The molecule has 1 N–H and O–H groups in total. The monoisotopic (exact) mass is 499 g/mol. The lowest BCUT2D eigenvalue weighted by molar-refractivity contribution is 0.0938. The molecule has 7 heteroatoms. The second-order valence-electron chi connectivity index (χ2n) is 6.46. The zero-order chi connectivity index (χ0) is 20.8. The summed E-state index contributed by atoms with van der Waals surface area (Å²) in [5, 5.41) is 3.02. The van der Waals surface area contributed by atoms with Crippen molar-refractivity contribution >= 4 is 28.5 Å². The van der Waals surface area contributed by atoms with Gasteiger partial charge in [0.25, 0.3) is 5.91 Å². The maximum absolute atomic E-state index is 12.8. The lowest BCUT2D eigenvalue weighted by atomic mass is 10.1. The normalized spacial score (nSPS) is 11.7. The summed E-state index contributed by atoms with van der Waals surface area (Å²) in [6.45, 7) is 5.84. The Hall–Kier alpha value is -2.16. The predicted molar refractivity (Wildman–Crippen MR) is 117 cm³/mol. The molecule has 0 aromatic heterocycles. The highest BCUT2D eigenvalue weighted by Gasteiger charge is 2.19. The van der Waals surface area contributed by atoms with Crippen molar-refractivity contribution in [1.29, 1.82) is 0 Å². The van der Waals surface area contributed by atoms with Gasteiger partial charge < -0.3 is 24.3 Å². The predicted octanol–water partition coefficient (Wildman–Crippen LogP) is 4.60. The second-order valence-corrected chi connectivity index (χ2v) is 7.62. The van der Waals surface area contributed by atoms with Crippen molar-refractivity contribution in [2.75, 3.05) is 21.3 Å². The van der Waals surface area contributed by atoms with Gasteiger partial charge in [-0.3, -0.25) is 4.79 Å². The van der Waals surface area contributed by atoms with Gasteiger partial charge in [-0.1, -0.05) is 6.07 Å². The van der Waals surface area contributed by atoms with Gasteiger partial charge in [0.15, 0.2) is 23.0 Å². The quantitative estimate of drug-likeness (QED) is 0.539. The van der Waals surface area contributed by atoms with Crippen LogP contribution in [0.15, 0.2) is 30.3 Å². The van der Waals surface area contributed by atoms with Crippen molar-refractivity contribution in [3.8, 4) is 23.0 Å². The van der Waals surface area contributed by atoms with E-state index in [1.807, 2.05) is 39.0 Å². The van der Waals surface area contributed by atoms with E-state index in [1.165, 1.54) is 0 Å². The molecule has 0 aliphatic rings. The summed E-state index contributed by atoms with van der Waals surface area (Å²) in [6, 6.07) is 8.89. The maximum atomic E-state index is 12.8. The molecule has 0 aliphatic heterocycles. The van der Waals surface area contributed by atoms with Gasteiger partial charge in [0.05, 0.1) is 39.0 Å². The molecular weight excluding hydrogens is 473 g/mol. The van der Waals surface area contributed by atoms with Gasteiger partial charge in [0.2, 0.25) is 0 Å². The number of nitrogens with one attached hydrogen (secondary N) is 1. The van der Waals surface area contributed by atoms with Gasteiger partial charge in [-0.25, -0.2) is 0 Å². The number of hydrogen-bond acceptors (Lipinski definition) is 5. The van der Waals surface area contributed by atoms with Crippen molar-refractivity contribution in [3.05, 3.63) is 45.0 Å². The van der Waals surface area contributed by atoms with Crippen molar-refractivity contribution in [3.63, 3.8) is 0 Å². The number of methoxy groups -OCH3 is 3. The summed E-state index contributed by atoms with van der Waals surface area (Å²) < 4.78 is 22.5. The number of hydrogen-bond donors (Lipinski definition) is 1. The van der Waals surface area contributed by atoms with E-state index in [0.717, 1.165) is 9.13 Å². The number of amides is 1. The lowest BCUT2D eigenvalue weighted by Crippen LogP contribution is -2.27. The van der Waals surface area contributed by atoms with Gasteiger partial charge in [-0.15, -0.1) is 0 Å². The van der Waals surface area contributed by atoms with E-state index in [-0.39, 0.29) is 18.1 Å². The smallest absolute Gasteiger partial charge is 0.252 e. The van der Waals surface area contributed by atoms with E-state index in [9.17, 15) is 4.79 Å². The Bertz CT molecular complexity index is 838. The first kappa shape index (κ1) is 22.1. The third kappa shape index (κ3) is 5.21. The Morgan fingerprint density at radius 1 is 0.893 bits per heavy atom. The molecule has 0 radical (unpaired) electrons. The molecule has 2 rings (SSSR count). The van der Waals surface area contributed by atoms with Crippen LogP contribution in [0.3, 0.4) is 0 Å². The van der Waals surface area contributed by atoms with Crippen LogP contribution in [0.4, 0.5) is 0 Å². The fourth-order valence-corrected chi connectivity index (χ4v) is 3.37. The largest absolute Gasteiger partial charge is 0.493 e. The molecule has 152 valence electrons. The van der Waals surface area contributed by atoms with Crippen LogP contribution in [-0.4, -0.2) is 33.3 Å². The number of rotatable bonds is 8.